The van der Waals surface area contributed by atoms with Crippen LogP contribution in [0.2, 0.25) is 5.02 Å². The van der Waals surface area contributed by atoms with Gasteiger partial charge in [-0.2, -0.15) is 0 Å². The second kappa shape index (κ2) is 14.7. The molecule has 0 heterocycles. The molecule has 214 valence electrons. The van der Waals surface area contributed by atoms with Gasteiger partial charge in [0.1, 0.15) is 12.6 Å². The van der Waals surface area contributed by atoms with Crippen molar-refractivity contribution in [3.05, 3.63) is 99.0 Å². The molecule has 1 unspecified atom stereocenters. The van der Waals surface area contributed by atoms with Crippen molar-refractivity contribution in [2.45, 2.75) is 45.7 Å². The van der Waals surface area contributed by atoms with Crippen LogP contribution in [0.25, 0.3) is 0 Å². The number of anilines is 1. The molecule has 0 radical (unpaired) electrons. The van der Waals surface area contributed by atoms with E-state index in [-0.39, 0.29) is 18.9 Å². The minimum Gasteiger partial charge on any atom is -0.354 e. The van der Waals surface area contributed by atoms with E-state index in [0.717, 1.165) is 39.0 Å². The van der Waals surface area contributed by atoms with Crippen LogP contribution in [0.5, 0.6) is 0 Å². The molecule has 40 heavy (non-hydrogen) atoms. The smallest absolute Gasteiger partial charge is 0.244 e. The van der Waals surface area contributed by atoms with Gasteiger partial charge >= 0.3 is 0 Å². The van der Waals surface area contributed by atoms with Crippen molar-refractivity contribution in [2.75, 3.05) is 23.7 Å². The van der Waals surface area contributed by atoms with Gasteiger partial charge in [-0.1, -0.05) is 89.4 Å². The highest BCUT2D eigenvalue weighted by Crippen LogP contribution is 2.29. The lowest BCUT2D eigenvalue weighted by molar-refractivity contribution is -0.140. The monoisotopic (exact) mass is 647 g/mol. The average Bonchev–Trinajstić information content (AvgIpc) is 2.91. The van der Waals surface area contributed by atoms with E-state index >= 15 is 0 Å². The molecule has 0 aliphatic rings. The number of rotatable bonds is 13. The number of carbonyl (C=O) groups excluding carboxylic acids is 2. The zero-order valence-corrected chi connectivity index (χ0v) is 26.1. The number of carbonyl (C=O) groups is 2. The van der Waals surface area contributed by atoms with Crippen LogP contribution >= 0.6 is 27.5 Å². The summed E-state index contributed by atoms with van der Waals surface area (Å²) >= 11 is 9.78. The quantitative estimate of drug-likeness (QED) is 0.240. The number of sulfonamides is 1. The average molecular weight is 649 g/mol. The van der Waals surface area contributed by atoms with Crippen LogP contribution in [0.1, 0.15) is 36.5 Å². The number of hydrogen-bond acceptors (Lipinski definition) is 4. The van der Waals surface area contributed by atoms with Gasteiger partial charge in [-0.25, -0.2) is 8.42 Å². The van der Waals surface area contributed by atoms with Gasteiger partial charge in [0, 0.05) is 29.0 Å². The van der Waals surface area contributed by atoms with Crippen LogP contribution in [0.15, 0.2) is 77.3 Å². The van der Waals surface area contributed by atoms with Gasteiger partial charge in [0.2, 0.25) is 21.8 Å². The summed E-state index contributed by atoms with van der Waals surface area (Å²) in [6.07, 6.45) is 3.04. The lowest BCUT2D eigenvalue weighted by Crippen LogP contribution is -2.53. The summed E-state index contributed by atoms with van der Waals surface area (Å²) in [4.78, 5) is 29.2. The Bertz CT molecular complexity index is 1420. The second-order valence-corrected chi connectivity index (χ2v) is 12.9. The minimum absolute atomic E-state index is 0.114. The highest BCUT2D eigenvalue weighted by Gasteiger charge is 2.33. The summed E-state index contributed by atoms with van der Waals surface area (Å²) in [5, 5.41) is 3.37. The minimum atomic E-state index is -3.87. The van der Waals surface area contributed by atoms with E-state index in [4.69, 9.17) is 11.6 Å². The Balaban J connectivity index is 2.06. The normalized spacial score (nSPS) is 12.0. The molecule has 3 aromatic carbocycles. The van der Waals surface area contributed by atoms with Crippen LogP contribution < -0.4 is 9.62 Å². The topological polar surface area (TPSA) is 86.8 Å². The molecule has 0 spiro atoms. The highest BCUT2D eigenvalue weighted by molar-refractivity contribution is 9.10. The number of unbranched alkanes of at least 4 members (excludes halogenated alkanes) is 1. The molecule has 0 saturated heterocycles. The molecule has 0 saturated carbocycles. The van der Waals surface area contributed by atoms with E-state index in [1.54, 1.807) is 25.1 Å². The molecule has 3 aromatic rings. The Morgan fingerprint density at radius 3 is 2.33 bits per heavy atom. The molecule has 0 fully saturated rings. The number of hydrogen-bond donors (Lipinski definition) is 1. The number of halogens is 2. The lowest BCUT2D eigenvalue weighted by Gasteiger charge is -2.34. The molecule has 0 bridgehead atoms. The fourth-order valence-electron chi connectivity index (χ4n) is 4.35. The van der Waals surface area contributed by atoms with Gasteiger partial charge in [-0.05, 0) is 54.3 Å². The molecule has 0 aromatic heterocycles. The molecule has 0 aliphatic carbocycles. The van der Waals surface area contributed by atoms with Gasteiger partial charge < -0.3 is 10.2 Å². The standard InChI is InChI=1S/C30H35BrClN3O4S/c1-4-5-17-33-30(37)28(19-23-11-7-6-8-12-23)34(20-24-13-9-14-25(31)18-24)29(36)21-35(40(3,38)39)27-16-10-15-26(32)22(27)2/h6-16,18,28H,4-5,17,19-21H2,1-3H3,(H,33,37). The molecule has 3 rings (SSSR count). The first-order valence-corrected chi connectivity index (χ1v) is 16.1. The summed E-state index contributed by atoms with van der Waals surface area (Å²) in [5.41, 5.74) is 2.54. The highest BCUT2D eigenvalue weighted by atomic mass is 79.9. The fourth-order valence-corrected chi connectivity index (χ4v) is 5.87. The van der Waals surface area contributed by atoms with Gasteiger partial charge in [-0.15, -0.1) is 0 Å². The SMILES string of the molecule is CCCCNC(=O)C(Cc1ccccc1)N(Cc1cccc(Br)c1)C(=O)CN(c1cccc(Cl)c1C)S(C)(=O)=O. The van der Waals surface area contributed by atoms with Gasteiger partial charge in [0.15, 0.2) is 0 Å². The van der Waals surface area contributed by atoms with Crippen molar-refractivity contribution in [3.63, 3.8) is 0 Å². The van der Waals surface area contributed by atoms with Crippen LogP contribution in [0.3, 0.4) is 0 Å². The van der Waals surface area contributed by atoms with Crippen molar-refractivity contribution in [1.29, 1.82) is 0 Å². The summed E-state index contributed by atoms with van der Waals surface area (Å²) in [6.45, 7) is 3.86. The zero-order valence-electron chi connectivity index (χ0n) is 22.9. The third-order valence-corrected chi connectivity index (χ3v) is 8.56. The Kier molecular flexibility index (Phi) is 11.6. The van der Waals surface area contributed by atoms with Crippen molar-refractivity contribution in [2.24, 2.45) is 0 Å². The number of nitrogens with one attached hydrogen (secondary N) is 1. The van der Waals surface area contributed by atoms with E-state index in [9.17, 15) is 18.0 Å². The number of benzene rings is 3. The van der Waals surface area contributed by atoms with Gasteiger partial charge in [0.05, 0.1) is 11.9 Å². The van der Waals surface area contributed by atoms with E-state index in [1.165, 1.54) is 4.90 Å². The number of nitrogens with zero attached hydrogens (tertiary/aromatic N) is 2. The third-order valence-electron chi connectivity index (χ3n) is 6.53. The van der Waals surface area contributed by atoms with Crippen molar-refractivity contribution in [1.82, 2.24) is 10.2 Å². The molecule has 2 amide bonds. The molecule has 1 atom stereocenters. The van der Waals surface area contributed by atoms with E-state index in [0.29, 0.717) is 22.8 Å². The van der Waals surface area contributed by atoms with Crippen molar-refractivity contribution < 1.29 is 18.0 Å². The van der Waals surface area contributed by atoms with Crippen molar-refractivity contribution in [3.8, 4) is 0 Å². The van der Waals surface area contributed by atoms with Crippen molar-refractivity contribution >= 4 is 55.1 Å². The predicted octanol–water partition coefficient (Wildman–Crippen LogP) is 5.73. The van der Waals surface area contributed by atoms with E-state index in [2.05, 4.69) is 21.2 Å². The maximum atomic E-state index is 14.1. The van der Waals surface area contributed by atoms with E-state index < -0.39 is 28.5 Å². The fraction of sp³-hybridized carbons (Fsp3) is 0.333. The maximum absolute atomic E-state index is 14.1. The summed E-state index contributed by atoms with van der Waals surface area (Å²) in [6, 6.07) is 21.0. The Labute approximate surface area is 250 Å². The molecule has 10 heteroatoms. The molecular formula is C30H35BrClN3O4S. The van der Waals surface area contributed by atoms with Crippen LogP contribution in [0, 0.1) is 6.92 Å². The zero-order chi connectivity index (χ0) is 29.3. The van der Waals surface area contributed by atoms with Crippen LogP contribution in [0.4, 0.5) is 5.69 Å². The first kappa shape index (κ1) is 31.6. The molecule has 1 N–H and O–H groups in total. The maximum Gasteiger partial charge on any atom is 0.244 e. The Hall–Kier alpha value is -2.88. The second-order valence-electron chi connectivity index (χ2n) is 9.66. The Morgan fingerprint density at radius 1 is 1.00 bits per heavy atom. The first-order chi connectivity index (χ1) is 19.0. The lowest BCUT2D eigenvalue weighted by atomic mass is 10.0. The van der Waals surface area contributed by atoms with Gasteiger partial charge in [0.25, 0.3) is 0 Å². The predicted molar refractivity (Wildman–Crippen MR) is 165 cm³/mol. The van der Waals surface area contributed by atoms with E-state index in [1.807, 2.05) is 61.5 Å². The van der Waals surface area contributed by atoms with Crippen LogP contribution in [-0.2, 0) is 32.6 Å². The summed E-state index contributed by atoms with van der Waals surface area (Å²) in [5.74, 6) is -0.790. The number of amides is 2. The largest absolute Gasteiger partial charge is 0.354 e. The van der Waals surface area contributed by atoms with Gasteiger partial charge in [-0.3, -0.25) is 13.9 Å². The molecule has 7 nitrogen and oxygen atoms in total. The molecule has 0 aliphatic heterocycles. The summed E-state index contributed by atoms with van der Waals surface area (Å²) < 4.78 is 27.8. The first-order valence-electron chi connectivity index (χ1n) is 13.1. The molecular weight excluding hydrogens is 614 g/mol. The Morgan fingerprint density at radius 2 is 1.68 bits per heavy atom. The summed E-state index contributed by atoms with van der Waals surface area (Å²) in [7, 11) is -3.87. The third kappa shape index (κ3) is 8.81. The van der Waals surface area contributed by atoms with Crippen LogP contribution in [-0.4, -0.2) is 50.5 Å².